The van der Waals surface area contributed by atoms with Crippen molar-refractivity contribution in [3.63, 3.8) is 0 Å². The van der Waals surface area contributed by atoms with Gasteiger partial charge in [0.2, 0.25) is 11.8 Å². The van der Waals surface area contributed by atoms with Crippen molar-refractivity contribution in [2.45, 2.75) is 116 Å². The lowest BCUT2D eigenvalue weighted by atomic mass is 9.97. The number of hydrogen-bond donors (Lipinski definition) is 6. The van der Waals surface area contributed by atoms with E-state index >= 15 is 0 Å². The third-order valence-electron chi connectivity index (χ3n) is 7.67. The molecule has 11 heteroatoms. The van der Waals surface area contributed by atoms with Crippen LogP contribution in [0.25, 0.3) is 0 Å². The topological polar surface area (TPSA) is 168 Å². The molecule has 0 radical (unpaired) electrons. The maximum Gasteiger partial charge on any atom is 0.326 e. The van der Waals surface area contributed by atoms with E-state index in [-0.39, 0.29) is 30.4 Å². The van der Waals surface area contributed by atoms with Crippen LogP contribution in [0.3, 0.4) is 0 Å². The van der Waals surface area contributed by atoms with Gasteiger partial charge in [0.1, 0.15) is 30.0 Å². The molecule has 3 amide bonds. The third kappa shape index (κ3) is 12.9. The van der Waals surface area contributed by atoms with Crippen LogP contribution in [0.5, 0.6) is 5.75 Å². The number of carbonyl (C=O) groups is 4. The van der Waals surface area contributed by atoms with E-state index in [9.17, 15) is 34.5 Å². The number of aliphatic hydroxyl groups is 1. The highest BCUT2D eigenvalue weighted by molar-refractivity contribution is 5.94. The number of nitrogens with zero attached hydrogens (tertiary/aromatic N) is 1. The van der Waals surface area contributed by atoms with Crippen molar-refractivity contribution in [2.75, 3.05) is 14.1 Å². The van der Waals surface area contributed by atoms with E-state index in [1.165, 1.54) is 19.2 Å². The summed E-state index contributed by atoms with van der Waals surface area (Å²) in [6.45, 7) is 9.41. The van der Waals surface area contributed by atoms with Crippen LogP contribution in [0.15, 0.2) is 24.3 Å². The molecule has 0 aliphatic carbocycles. The summed E-state index contributed by atoms with van der Waals surface area (Å²) in [4.78, 5) is 53.4. The number of phenols is 1. The second-order valence-electron chi connectivity index (χ2n) is 12.1. The van der Waals surface area contributed by atoms with Gasteiger partial charge in [0.25, 0.3) is 5.91 Å². The minimum absolute atomic E-state index is 0.00793. The zero-order valence-electron chi connectivity index (χ0n) is 26.9. The SMILES string of the molecule is CCCCCCC[C@@H](NC)[C@H](O)C(=O)N[C@@H](C(=O)N[C@@H](CC(C)C)C(=O)N(C)[C@@H](Cc1ccc(O)cc1)C(=O)O)C(C)C. The van der Waals surface area contributed by atoms with E-state index in [0.717, 1.165) is 37.0 Å². The highest BCUT2D eigenvalue weighted by Gasteiger charge is 2.36. The van der Waals surface area contributed by atoms with E-state index < -0.39 is 54.0 Å². The molecule has 0 spiro atoms. The second kappa shape index (κ2) is 19.2. The van der Waals surface area contributed by atoms with Crippen molar-refractivity contribution in [1.29, 1.82) is 0 Å². The van der Waals surface area contributed by atoms with E-state index in [0.29, 0.717) is 12.0 Å². The van der Waals surface area contributed by atoms with Crippen LogP contribution in [-0.4, -0.2) is 88.3 Å². The number of hydrogen-bond acceptors (Lipinski definition) is 7. The van der Waals surface area contributed by atoms with Gasteiger partial charge < -0.3 is 36.2 Å². The van der Waals surface area contributed by atoms with Gasteiger partial charge in [-0.1, -0.05) is 78.9 Å². The fraction of sp³-hybridized carbons (Fsp3) is 0.688. The molecule has 6 N–H and O–H groups in total. The van der Waals surface area contributed by atoms with Crippen molar-refractivity contribution in [2.24, 2.45) is 11.8 Å². The summed E-state index contributed by atoms with van der Waals surface area (Å²) in [5.41, 5.74) is 0.622. The molecular weight excluding hydrogens is 552 g/mol. The van der Waals surface area contributed by atoms with Crippen LogP contribution < -0.4 is 16.0 Å². The van der Waals surface area contributed by atoms with Crippen LogP contribution in [0.4, 0.5) is 0 Å². The first-order chi connectivity index (χ1) is 20.2. The quantitative estimate of drug-likeness (QED) is 0.123. The summed E-state index contributed by atoms with van der Waals surface area (Å²) in [7, 11) is 3.07. The monoisotopic (exact) mass is 606 g/mol. The number of aromatic hydroxyl groups is 1. The predicted octanol–water partition coefficient (Wildman–Crippen LogP) is 2.83. The first-order valence-corrected chi connectivity index (χ1v) is 15.5. The van der Waals surface area contributed by atoms with Crippen molar-refractivity contribution in [3.05, 3.63) is 29.8 Å². The molecule has 0 fully saturated rings. The van der Waals surface area contributed by atoms with Gasteiger partial charge >= 0.3 is 5.97 Å². The number of unbranched alkanes of at least 4 members (excludes halogenated alkanes) is 4. The summed E-state index contributed by atoms with van der Waals surface area (Å²) in [6.07, 6.45) is 4.74. The van der Waals surface area contributed by atoms with Crippen molar-refractivity contribution < 1.29 is 34.5 Å². The largest absolute Gasteiger partial charge is 0.508 e. The number of benzene rings is 1. The van der Waals surface area contributed by atoms with Crippen molar-refractivity contribution >= 4 is 23.7 Å². The number of amides is 3. The Morgan fingerprint density at radius 3 is 2.02 bits per heavy atom. The van der Waals surface area contributed by atoms with Crippen LogP contribution in [-0.2, 0) is 25.6 Å². The van der Waals surface area contributed by atoms with Gasteiger partial charge in [0.05, 0.1) is 0 Å². The number of likely N-dealkylation sites (N-methyl/N-ethyl adjacent to an activating group) is 2. The Morgan fingerprint density at radius 1 is 0.907 bits per heavy atom. The molecular formula is C32H54N4O7. The van der Waals surface area contributed by atoms with Crippen LogP contribution in [0, 0.1) is 11.8 Å². The molecule has 0 aromatic heterocycles. The molecule has 0 heterocycles. The highest BCUT2D eigenvalue weighted by Crippen LogP contribution is 2.17. The molecule has 0 saturated carbocycles. The number of carboxylic acid groups (broad SMARTS) is 1. The minimum Gasteiger partial charge on any atom is -0.508 e. The van der Waals surface area contributed by atoms with E-state index in [1.54, 1.807) is 33.0 Å². The average molecular weight is 607 g/mol. The van der Waals surface area contributed by atoms with Gasteiger partial charge in [0.15, 0.2) is 0 Å². The Kier molecular flexibility index (Phi) is 16.9. The number of nitrogens with one attached hydrogen (secondary N) is 3. The lowest BCUT2D eigenvalue weighted by Crippen LogP contribution is -2.59. The number of carboxylic acids is 1. The Bertz CT molecular complexity index is 1020. The van der Waals surface area contributed by atoms with E-state index in [2.05, 4.69) is 22.9 Å². The maximum absolute atomic E-state index is 13.6. The Balaban J connectivity index is 3.02. The van der Waals surface area contributed by atoms with Crippen LogP contribution in [0.2, 0.25) is 0 Å². The summed E-state index contributed by atoms with van der Waals surface area (Å²) < 4.78 is 0. The second-order valence-corrected chi connectivity index (χ2v) is 12.1. The molecule has 0 aliphatic rings. The standard InChI is InChI=1S/C32H54N4O7/c1-8-9-10-11-12-13-24(33-6)28(38)30(40)35-27(21(4)5)29(39)34-25(18-20(2)3)31(41)36(7)26(32(42)43)19-22-14-16-23(37)17-15-22/h14-17,20-21,24-28,33,37-38H,8-13,18-19H2,1-7H3,(H,34,39)(H,35,40)(H,42,43)/t24-,25+,26+,27-,28+/m1/s1. The fourth-order valence-corrected chi connectivity index (χ4v) is 4.98. The van der Waals surface area contributed by atoms with Crippen LogP contribution in [0.1, 0.15) is 85.1 Å². The van der Waals surface area contributed by atoms with E-state index in [1.807, 2.05) is 13.8 Å². The summed E-state index contributed by atoms with van der Waals surface area (Å²) in [5, 5.41) is 38.6. The fourth-order valence-electron chi connectivity index (χ4n) is 4.98. The molecule has 0 bridgehead atoms. The van der Waals surface area contributed by atoms with Crippen molar-refractivity contribution in [3.8, 4) is 5.75 Å². The summed E-state index contributed by atoms with van der Waals surface area (Å²) >= 11 is 0. The smallest absolute Gasteiger partial charge is 0.326 e. The molecule has 11 nitrogen and oxygen atoms in total. The van der Waals surface area contributed by atoms with Gasteiger partial charge in [-0.3, -0.25) is 14.4 Å². The molecule has 0 unspecified atom stereocenters. The molecule has 5 atom stereocenters. The van der Waals surface area contributed by atoms with Gasteiger partial charge in [0, 0.05) is 19.5 Å². The van der Waals surface area contributed by atoms with Crippen molar-refractivity contribution in [1.82, 2.24) is 20.9 Å². The number of phenolic OH excluding ortho intramolecular Hbond substituents is 1. The summed E-state index contributed by atoms with van der Waals surface area (Å²) in [6, 6.07) is 2.34. The molecule has 1 aromatic carbocycles. The molecule has 244 valence electrons. The van der Waals surface area contributed by atoms with Crippen LogP contribution >= 0.6 is 0 Å². The number of aliphatic hydroxyl groups excluding tert-OH is 1. The molecule has 0 saturated heterocycles. The predicted molar refractivity (Wildman–Crippen MR) is 166 cm³/mol. The number of carbonyl (C=O) groups excluding carboxylic acids is 3. The first-order valence-electron chi connectivity index (χ1n) is 15.5. The highest BCUT2D eigenvalue weighted by atomic mass is 16.4. The number of aliphatic carboxylic acids is 1. The third-order valence-corrected chi connectivity index (χ3v) is 7.67. The Hall–Kier alpha value is -3.18. The normalized spacial score (nSPS) is 14.9. The van der Waals surface area contributed by atoms with Gasteiger partial charge in [-0.05, 0) is 49.4 Å². The molecule has 1 rings (SSSR count). The lowest BCUT2D eigenvalue weighted by molar-refractivity contribution is -0.150. The molecule has 1 aromatic rings. The first kappa shape index (κ1) is 37.8. The number of rotatable bonds is 20. The summed E-state index contributed by atoms with van der Waals surface area (Å²) in [5.74, 6) is -3.36. The van der Waals surface area contributed by atoms with Gasteiger partial charge in [-0.15, -0.1) is 0 Å². The molecule has 43 heavy (non-hydrogen) atoms. The van der Waals surface area contributed by atoms with Gasteiger partial charge in [-0.25, -0.2) is 4.79 Å². The van der Waals surface area contributed by atoms with Gasteiger partial charge in [-0.2, -0.15) is 0 Å². The zero-order chi connectivity index (χ0) is 32.7. The Morgan fingerprint density at radius 2 is 1.51 bits per heavy atom. The Labute approximate surface area is 256 Å². The van der Waals surface area contributed by atoms with E-state index in [4.69, 9.17) is 0 Å². The molecule has 0 aliphatic heterocycles. The zero-order valence-corrected chi connectivity index (χ0v) is 26.9. The lowest BCUT2D eigenvalue weighted by Gasteiger charge is -2.32. The maximum atomic E-state index is 13.6. The average Bonchev–Trinajstić information content (AvgIpc) is 2.95. The minimum atomic E-state index is -1.36.